The van der Waals surface area contributed by atoms with E-state index in [0.717, 1.165) is 19.3 Å². The topological polar surface area (TPSA) is 83.5 Å². The molecule has 0 N–H and O–H groups in total. The second kappa shape index (κ2) is 28.9. The summed E-state index contributed by atoms with van der Waals surface area (Å²) in [4.78, 5) is 22.6. The van der Waals surface area contributed by atoms with Crippen molar-refractivity contribution in [1.82, 2.24) is 4.90 Å². The molecule has 0 saturated carbocycles. The molecular weight excluding hydrogens is 412 g/mol. The summed E-state index contributed by atoms with van der Waals surface area (Å²) in [5.41, 5.74) is 0. The molecule has 0 aliphatic heterocycles. The van der Waals surface area contributed by atoms with Gasteiger partial charge in [-0.1, -0.05) is 116 Å². The van der Waals surface area contributed by atoms with Gasteiger partial charge in [0.1, 0.15) is 0 Å². The Morgan fingerprint density at radius 2 is 0.774 bits per heavy atom. The minimum atomic E-state index is -1.24. The fourth-order valence-corrected chi connectivity index (χ4v) is 3.82. The average molecular weight is 458 g/mol. The van der Waals surface area contributed by atoms with Crippen LogP contribution in [0.15, 0.2) is 0 Å². The van der Waals surface area contributed by atoms with Crippen molar-refractivity contribution in [2.75, 3.05) is 19.6 Å². The number of rotatable bonds is 23. The molecule has 31 heavy (non-hydrogen) atoms. The van der Waals surface area contributed by atoms with Crippen molar-refractivity contribution in [2.24, 2.45) is 0 Å². The van der Waals surface area contributed by atoms with Crippen LogP contribution in [0.4, 0.5) is 0 Å². The average Bonchev–Trinajstić information content (AvgIpc) is 2.66. The van der Waals surface area contributed by atoms with Crippen molar-refractivity contribution in [3.63, 3.8) is 0 Å². The number of carboxylic acids is 2. The number of hydrogen-bond donors (Lipinski definition) is 0. The quantitative estimate of drug-likeness (QED) is 0.129. The van der Waals surface area contributed by atoms with E-state index in [1.165, 1.54) is 101 Å². The fourth-order valence-electron chi connectivity index (χ4n) is 3.82. The van der Waals surface area contributed by atoms with Crippen LogP contribution in [-0.4, -0.2) is 36.5 Å². The summed E-state index contributed by atoms with van der Waals surface area (Å²) in [6.07, 6.45) is 23.4. The molecule has 0 aromatic carbocycles. The number of carboxylic acid groups (broad SMARTS) is 2. The Kier molecular flexibility index (Phi) is 34.0. The van der Waals surface area contributed by atoms with E-state index in [9.17, 15) is 19.8 Å². The molecular formula is C24H45NNa2O4. The largest absolute Gasteiger partial charge is 1.00 e. The van der Waals surface area contributed by atoms with Gasteiger partial charge >= 0.3 is 59.1 Å². The molecule has 0 atom stereocenters. The maximum Gasteiger partial charge on any atom is 1.00 e. The maximum atomic E-state index is 10.6. The smallest absolute Gasteiger partial charge is 0.549 e. The Bertz CT molecular complexity index is 382. The molecule has 0 amide bonds. The van der Waals surface area contributed by atoms with Gasteiger partial charge in [0.25, 0.3) is 0 Å². The minimum absolute atomic E-state index is 0. The van der Waals surface area contributed by atoms with Crippen LogP contribution in [0.3, 0.4) is 0 Å². The number of carbonyl (C=O) groups is 2. The second-order valence-electron chi connectivity index (χ2n) is 8.47. The molecule has 7 heteroatoms. The Labute approximate surface area is 236 Å². The van der Waals surface area contributed by atoms with Gasteiger partial charge in [0, 0.05) is 13.1 Å². The zero-order valence-electron chi connectivity index (χ0n) is 20.9. The number of carbonyl (C=O) groups excluding carboxylic acids is 2. The zero-order chi connectivity index (χ0) is 21.6. The van der Waals surface area contributed by atoms with Crippen LogP contribution in [0.2, 0.25) is 0 Å². The summed E-state index contributed by atoms with van der Waals surface area (Å²) in [6.45, 7) is 2.06. The molecule has 0 saturated heterocycles. The molecule has 5 nitrogen and oxygen atoms in total. The van der Waals surface area contributed by atoms with Gasteiger partial charge in [-0.25, -0.2) is 0 Å². The molecule has 0 radical (unpaired) electrons. The van der Waals surface area contributed by atoms with E-state index in [1.54, 1.807) is 0 Å². The van der Waals surface area contributed by atoms with Gasteiger partial charge in [0.15, 0.2) is 0 Å². The van der Waals surface area contributed by atoms with Crippen LogP contribution in [-0.2, 0) is 9.59 Å². The van der Waals surface area contributed by atoms with E-state index in [1.807, 2.05) is 0 Å². The van der Waals surface area contributed by atoms with Crippen LogP contribution < -0.4 is 69.3 Å². The Balaban J connectivity index is -0.00000392. The van der Waals surface area contributed by atoms with Gasteiger partial charge in [-0.2, -0.15) is 0 Å². The first-order chi connectivity index (χ1) is 14.1. The molecule has 0 aliphatic carbocycles. The molecule has 172 valence electrons. The van der Waals surface area contributed by atoms with Gasteiger partial charge < -0.3 is 19.8 Å². The van der Waals surface area contributed by atoms with E-state index < -0.39 is 11.9 Å². The van der Waals surface area contributed by atoms with Crippen LogP contribution in [0.1, 0.15) is 122 Å². The summed E-state index contributed by atoms with van der Waals surface area (Å²) >= 11 is 0. The number of unbranched alkanes of at least 4 members (excludes halogenated alkanes) is 17. The Morgan fingerprint density at radius 3 is 1.03 bits per heavy atom. The first kappa shape index (κ1) is 36.5. The van der Waals surface area contributed by atoms with Crippen molar-refractivity contribution < 1.29 is 78.9 Å². The van der Waals surface area contributed by atoms with Crippen LogP contribution in [0.25, 0.3) is 0 Å². The SMILES string of the molecule is CCCCCCCCCCCCCCCCCCCCN(CC(=O)[O-])CC(=O)[O-].[Na+].[Na+]. The van der Waals surface area contributed by atoms with Crippen molar-refractivity contribution in [2.45, 2.75) is 122 Å². The van der Waals surface area contributed by atoms with E-state index >= 15 is 0 Å². The Hall–Kier alpha value is 0.900. The number of hydrogen-bond acceptors (Lipinski definition) is 5. The Morgan fingerprint density at radius 1 is 0.516 bits per heavy atom. The first-order valence-electron chi connectivity index (χ1n) is 12.2. The zero-order valence-corrected chi connectivity index (χ0v) is 24.9. The predicted molar refractivity (Wildman–Crippen MR) is 115 cm³/mol. The van der Waals surface area contributed by atoms with Gasteiger partial charge in [-0.15, -0.1) is 0 Å². The van der Waals surface area contributed by atoms with Crippen LogP contribution in [0.5, 0.6) is 0 Å². The third-order valence-electron chi connectivity index (χ3n) is 5.53. The van der Waals surface area contributed by atoms with E-state index in [-0.39, 0.29) is 72.2 Å². The first-order valence-corrected chi connectivity index (χ1v) is 12.2. The molecule has 0 heterocycles. The molecule has 0 unspecified atom stereocenters. The third-order valence-corrected chi connectivity index (χ3v) is 5.53. The van der Waals surface area contributed by atoms with Gasteiger partial charge in [0.05, 0.1) is 11.9 Å². The molecule has 0 rings (SSSR count). The standard InChI is InChI=1S/C24H47NO4.2Na/c1-2-3-4-5-6-7-8-9-10-11-12-13-14-15-16-17-18-19-20-25(21-23(26)27)22-24(28)29;;/h2-22H2,1H3,(H,26,27)(H,28,29);;/q;2*+1/p-2. The molecule has 0 aromatic rings. The maximum absolute atomic E-state index is 10.6. The minimum Gasteiger partial charge on any atom is -0.549 e. The molecule has 0 aliphatic rings. The predicted octanol–water partition coefficient (Wildman–Crippen LogP) is -2.16. The summed E-state index contributed by atoms with van der Waals surface area (Å²) in [7, 11) is 0. The summed E-state index contributed by atoms with van der Waals surface area (Å²) in [6, 6.07) is 0. The van der Waals surface area contributed by atoms with Crippen LogP contribution >= 0.6 is 0 Å². The second-order valence-corrected chi connectivity index (χ2v) is 8.47. The van der Waals surface area contributed by atoms with Gasteiger partial charge in [0.2, 0.25) is 0 Å². The summed E-state index contributed by atoms with van der Waals surface area (Å²) in [5, 5.41) is 21.2. The van der Waals surface area contributed by atoms with E-state index in [0.29, 0.717) is 6.54 Å². The third kappa shape index (κ3) is 30.9. The normalized spacial score (nSPS) is 10.5. The molecule has 0 aromatic heterocycles. The summed E-state index contributed by atoms with van der Waals surface area (Å²) in [5.74, 6) is -2.48. The van der Waals surface area contributed by atoms with Crippen LogP contribution in [0, 0.1) is 0 Å². The van der Waals surface area contributed by atoms with Crippen molar-refractivity contribution in [3.8, 4) is 0 Å². The monoisotopic (exact) mass is 457 g/mol. The van der Waals surface area contributed by atoms with E-state index in [4.69, 9.17) is 0 Å². The van der Waals surface area contributed by atoms with Gasteiger partial charge in [-0.05, 0) is 13.0 Å². The fraction of sp³-hybridized carbons (Fsp3) is 0.917. The molecule has 0 bridgehead atoms. The number of nitrogens with zero attached hydrogens (tertiary/aromatic N) is 1. The molecule has 0 fully saturated rings. The van der Waals surface area contributed by atoms with Gasteiger partial charge in [-0.3, -0.25) is 4.90 Å². The summed E-state index contributed by atoms with van der Waals surface area (Å²) < 4.78 is 0. The number of aliphatic carboxylic acids is 2. The van der Waals surface area contributed by atoms with Crippen molar-refractivity contribution in [1.29, 1.82) is 0 Å². The molecule has 0 spiro atoms. The van der Waals surface area contributed by atoms with E-state index in [2.05, 4.69) is 6.92 Å². The van der Waals surface area contributed by atoms with Crippen molar-refractivity contribution >= 4 is 11.9 Å². The van der Waals surface area contributed by atoms with Crippen molar-refractivity contribution in [3.05, 3.63) is 0 Å².